The van der Waals surface area contributed by atoms with Crippen molar-refractivity contribution >= 4 is 17.3 Å². The molecular weight excluding hydrogens is 231 g/mol. The smallest absolute Gasteiger partial charge is 0.257 e. The highest BCUT2D eigenvalue weighted by molar-refractivity contribution is 6.07. The lowest BCUT2D eigenvalue weighted by Gasteiger charge is -2.08. The summed E-state index contributed by atoms with van der Waals surface area (Å²) in [6.07, 6.45) is 0. The van der Waals surface area contributed by atoms with Crippen molar-refractivity contribution in [2.45, 2.75) is 6.92 Å². The maximum absolute atomic E-state index is 13.2. The summed E-state index contributed by atoms with van der Waals surface area (Å²) in [5, 5.41) is 2.68. The molecule has 0 unspecified atom stereocenters. The highest BCUT2D eigenvalue weighted by Crippen LogP contribution is 2.18. The Balaban J connectivity index is 2.25. The van der Waals surface area contributed by atoms with E-state index >= 15 is 0 Å². The Morgan fingerprint density at radius 3 is 2.67 bits per heavy atom. The van der Waals surface area contributed by atoms with Gasteiger partial charge in [0.15, 0.2) is 0 Å². The number of para-hydroxylation sites is 1. The Kier molecular flexibility index (Phi) is 3.28. The standard InChI is InChI=1S/C14H13FN2O/c1-9-4-2-5-10(8-9)17-14(18)11-6-3-7-12(15)13(11)16/h2-8H,16H2,1H3,(H,17,18). The molecular formula is C14H13FN2O. The molecule has 3 N–H and O–H groups in total. The van der Waals surface area contributed by atoms with E-state index in [1.54, 1.807) is 6.07 Å². The molecule has 0 saturated carbocycles. The molecule has 0 aliphatic carbocycles. The van der Waals surface area contributed by atoms with Crippen LogP contribution in [0, 0.1) is 12.7 Å². The minimum absolute atomic E-state index is 0.136. The van der Waals surface area contributed by atoms with E-state index in [0.717, 1.165) is 5.56 Å². The Morgan fingerprint density at radius 1 is 1.22 bits per heavy atom. The maximum atomic E-state index is 13.2. The number of hydrogen-bond acceptors (Lipinski definition) is 2. The van der Waals surface area contributed by atoms with Crippen molar-refractivity contribution in [3.05, 3.63) is 59.4 Å². The van der Waals surface area contributed by atoms with Crippen LogP contribution >= 0.6 is 0 Å². The third kappa shape index (κ3) is 2.48. The molecule has 2 aromatic carbocycles. The predicted molar refractivity (Wildman–Crippen MR) is 69.9 cm³/mol. The molecule has 0 spiro atoms. The van der Waals surface area contributed by atoms with E-state index in [0.29, 0.717) is 5.69 Å². The van der Waals surface area contributed by atoms with Crippen LogP contribution in [0.15, 0.2) is 42.5 Å². The van der Waals surface area contributed by atoms with Crippen LogP contribution in [0.3, 0.4) is 0 Å². The summed E-state index contributed by atoms with van der Waals surface area (Å²) in [4.78, 5) is 11.9. The molecule has 0 heterocycles. The van der Waals surface area contributed by atoms with Crippen LogP contribution in [0.4, 0.5) is 15.8 Å². The van der Waals surface area contributed by atoms with Gasteiger partial charge in [-0.05, 0) is 36.8 Å². The zero-order valence-corrected chi connectivity index (χ0v) is 9.91. The predicted octanol–water partition coefficient (Wildman–Crippen LogP) is 2.97. The Bertz CT molecular complexity index is 596. The molecule has 0 aliphatic heterocycles. The fourth-order valence-corrected chi connectivity index (χ4v) is 1.66. The van der Waals surface area contributed by atoms with Crippen molar-refractivity contribution in [3.8, 4) is 0 Å². The third-order valence-corrected chi connectivity index (χ3v) is 2.57. The van der Waals surface area contributed by atoms with Gasteiger partial charge in [-0.3, -0.25) is 4.79 Å². The molecule has 2 aromatic rings. The number of nitrogens with one attached hydrogen (secondary N) is 1. The van der Waals surface area contributed by atoms with Gasteiger partial charge >= 0.3 is 0 Å². The first-order chi connectivity index (χ1) is 8.58. The second kappa shape index (κ2) is 4.87. The first-order valence-electron chi connectivity index (χ1n) is 5.50. The monoisotopic (exact) mass is 244 g/mol. The van der Waals surface area contributed by atoms with E-state index < -0.39 is 11.7 Å². The summed E-state index contributed by atoms with van der Waals surface area (Å²) < 4.78 is 13.2. The van der Waals surface area contributed by atoms with E-state index in [4.69, 9.17) is 5.73 Å². The Morgan fingerprint density at radius 2 is 1.94 bits per heavy atom. The van der Waals surface area contributed by atoms with Crippen LogP contribution in [0.1, 0.15) is 15.9 Å². The van der Waals surface area contributed by atoms with Crippen molar-refractivity contribution in [2.75, 3.05) is 11.1 Å². The lowest BCUT2D eigenvalue weighted by Crippen LogP contribution is -2.14. The van der Waals surface area contributed by atoms with Crippen LogP contribution < -0.4 is 11.1 Å². The third-order valence-electron chi connectivity index (χ3n) is 2.57. The fraction of sp³-hybridized carbons (Fsp3) is 0.0714. The summed E-state index contributed by atoms with van der Waals surface area (Å²) in [5.41, 5.74) is 7.21. The highest BCUT2D eigenvalue weighted by atomic mass is 19.1. The minimum Gasteiger partial charge on any atom is -0.396 e. The fourth-order valence-electron chi connectivity index (χ4n) is 1.66. The first-order valence-corrected chi connectivity index (χ1v) is 5.50. The molecule has 0 radical (unpaired) electrons. The molecule has 0 bridgehead atoms. The number of hydrogen-bond donors (Lipinski definition) is 2. The van der Waals surface area contributed by atoms with Gasteiger partial charge in [0.05, 0.1) is 11.3 Å². The van der Waals surface area contributed by atoms with Crippen molar-refractivity contribution < 1.29 is 9.18 Å². The number of rotatable bonds is 2. The SMILES string of the molecule is Cc1cccc(NC(=O)c2cccc(F)c2N)c1. The number of aryl methyl sites for hydroxylation is 1. The number of carbonyl (C=O) groups is 1. The largest absolute Gasteiger partial charge is 0.396 e. The summed E-state index contributed by atoms with van der Waals surface area (Å²) in [6.45, 7) is 1.92. The van der Waals surface area contributed by atoms with E-state index in [9.17, 15) is 9.18 Å². The molecule has 2 rings (SSSR count). The van der Waals surface area contributed by atoms with Crippen LogP contribution in [-0.4, -0.2) is 5.91 Å². The molecule has 1 amide bonds. The molecule has 0 aliphatic rings. The molecule has 0 aromatic heterocycles. The zero-order chi connectivity index (χ0) is 13.1. The van der Waals surface area contributed by atoms with Gasteiger partial charge in [-0.25, -0.2) is 4.39 Å². The highest BCUT2D eigenvalue weighted by Gasteiger charge is 2.12. The Labute approximate surface area is 104 Å². The van der Waals surface area contributed by atoms with Crippen molar-refractivity contribution in [1.82, 2.24) is 0 Å². The van der Waals surface area contributed by atoms with Crippen molar-refractivity contribution in [3.63, 3.8) is 0 Å². The summed E-state index contributed by atoms with van der Waals surface area (Å²) in [6, 6.07) is 11.5. The average Bonchev–Trinajstić information content (AvgIpc) is 2.32. The van der Waals surface area contributed by atoms with Crippen molar-refractivity contribution in [1.29, 1.82) is 0 Å². The Hall–Kier alpha value is -2.36. The van der Waals surface area contributed by atoms with Gasteiger partial charge in [0, 0.05) is 5.69 Å². The lowest BCUT2D eigenvalue weighted by molar-refractivity contribution is 0.102. The van der Waals surface area contributed by atoms with Crippen LogP contribution in [0.25, 0.3) is 0 Å². The average molecular weight is 244 g/mol. The van der Waals surface area contributed by atoms with Crippen LogP contribution in [0.2, 0.25) is 0 Å². The van der Waals surface area contributed by atoms with Gasteiger partial charge in [0.2, 0.25) is 0 Å². The molecule has 18 heavy (non-hydrogen) atoms. The number of anilines is 2. The number of amides is 1. The number of halogens is 1. The van der Waals surface area contributed by atoms with Gasteiger partial charge in [-0.15, -0.1) is 0 Å². The normalized spacial score (nSPS) is 10.1. The molecule has 0 atom stereocenters. The number of nitrogens with two attached hydrogens (primary N) is 1. The molecule has 0 saturated heterocycles. The van der Waals surface area contributed by atoms with Gasteiger partial charge < -0.3 is 11.1 Å². The first kappa shape index (κ1) is 12.1. The van der Waals surface area contributed by atoms with Gasteiger partial charge in [-0.2, -0.15) is 0 Å². The molecule has 0 fully saturated rings. The molecule has 92 valence electrons. The zero-order valence-electron chi connectivity index (χ0n) is 9.91. The second-order valence-corrected chi connectivity index (χ2v) is 4.02. The summed E-state index contributed by atoms with van der Waals surface area (Å²) in [5.74, 6) is -1.01. The maximum Gasteiger partial charge on any atom is 0.257 e. The van der Waals surface area contributed by atoms with E-state index in [1.807, 2.05) is 25.1 Å². The number of benzene rings is 2. The van der Waals surface area contributed by atoms with E-state index in [-0.39, 0.29) is 11.3 Å². The summed E-state index contributed by atoms with van der Waals surface area (Å²) in [7, 11) is 0. The minimum atomic E-state index is -0.591. The van der Waals surface area contributed by atoms with Gasteiger partial charge in [-0.1, -0.05) is 18.2 Å². The number of carbonyl (C=O) groups excluding carboxylic acids is 1. The molecule has 3 nitrogen and oxygen atoms in total. The van der Waals surface area contributed by atoms with E-state index in [2.05, 4.69) is 5.32 Å². The van der Waals surface area contributed by atoms with Crippen molar-refractivity contribution in [2.24, 2.45) is 0 Å². The van der Waals surface area contributed by atoms with E-state index in [1.165, 1.54) is 18.2 Å². The van der Waals surface area contributed by atoms with Gasteiger partial charge in [0.1, 0.15) is 5.82 Å². The topological polar surface area (TPSA) is 55.1 Å². The quantitative estimate of drug-likeness (QED) is 0.798. The second-order valence-electron chi connectivity index (χ2n) is 4.02. The number of nitrogen functional groups attached to an aromatic ring is 1. The van der Waals surface area contributed by atoms with Gasteiger partial charge in [0.25, 0.3) is 5.91 Å². The summed E-state index contributed by atoms with van der Waals surface area (Å²) >= 11 is 0. The lowest BCUT2D eigenvalue weighted by atomic mass is 10.1. The molecule has 4 heteroatoms. The van der Waals surface area contributed by atoms with Crippen LogP contribution in [-0.2, 0) is 0 Å². The van der Waals surface area contributed by atoms with Crippen LogP contribution in [0.5, 0.6) is 0 Å².